The van der Waals surface area contributed by atoms with E-state index in [2.05, 4.69) is 79.3 Å². The van der Waals surface area contributed by atoms with Crippen molar-refractivity contribution in [3.8, 4) is 0 Å². The van der Waals surface area contributed by atoms with Gasteiger partial charge in [-0.25, -0.2) is 0 Å². The Morgan fingerprint density at radius 1 is 0.590 bits per heavy atom. The van der Waals surface area contributed by atoms with E-state index in [0.29, 0.717) is 6.61 Å². The molecule has 0 aliphatic carbocycles. The first kappa shape index (κ1) is 29.0. The molecule has 1 aromatic carbocycles. The zero-order chi connectivity index (χ0) is 25.8. The van der Waals surface area contributed by atoms with Gasteiger partial charge in [0.1, 0.15) is 0 Å². The van der Waals surface area contributed by atoms with Gasteiger partial charge in [-0.2, -0.15) is 0 Å². The minimum absolute atomic E-state index is 0. The molecule has 0 amide bonds. The Morgan fingerprint density at radius 2 is 1.10 bits per heavy atom. The summed E-state index contributed by atoms with van der Waals surface area (Å²) < 4.78 is 6.60. The molecule has 1 saturated heterocycles. The SMILES string of the molecule is [Fe+2].c1ccc(COC(c2ccccn2)N2CCN(Cc3ccccn3)CCN(Cc3ccccn3)CC2)cc1. The van der Waals surface area contributed by atoms with E-state index in [0.717, 1.165) is 75.0 Å². The molecular weight excluding hydrogens is 528 g/mol. The van der Waals surface area contributed by atoms with Crippen molar-refractivity contribution in [3.63, 3.8) is 0 Å². The molecule has 3 aromatic heterocycles. The Labute approximate surface area is 242 Å². The van der Waals surface area contributed by atoms with Crippen LogP contribution in [0.5, 0.6) is 0 Å². The first-order chi connectivity index (χ1) is 18.8. The van der Waals surface area contributed by atoms with Crippen molar-refractivity contribution in [2.24, 2.45) is 0 Å². The molecule has 1 aliphatic heterocycles. The molecule has 1 aliphatic rings. The summed E-state index contributed by atoms with van der Waals surface area (Å²) in [5.41, 5.74) is 4.29. The van der Waals surface area contributed by atoms with Crippen LogP contribution in [-0.2, 0) is 41.5 Å². The summed E-state index contributed by atoms with van der Waals surface area (Å²) in [7, 11) is 0. The summed E-state index contributed by atoms with van der Waals surface area (Å²) in [5.74, 6) is 0. The van der Waals surface area contributed by atoms with Crippen molar-refractivity contribution >= 4 is 0 Å². The smallest absolute Gasteiger partial charge is 0.353 e. The van der Waals surface area contributed by atoms with Gasteiger partial charge in [-0.3, -0.25) is 29.7 Å². The predicted molar refractivity (Wildman–Crippen MR) is 149 cm³/mol. The molecule has 5 rings (SSSR count). The Hall–Kier alpha value is -2.97. The standard InChI is InChI=1S/C31H36N6O.Fe/c1-2-10-27(11-3-1)26-38-31(30-14-6-9-17-34-30)37-22-20-35(24-28-12-4-7-15-32-28)18-19-36(21-23-37)25-29-13-5-8-16-33-29;/h1-17,31H,18-26H2;/q;+2. The molecule has 39 heavy (non-hydrogen) atoms. The van der Waals surface area contributed by atoms with Gasteiger partial charge in [-0.05, 0) is 42.0 Å². The van der Waals surface area contributed by atoms with Crippen LogP contribution in [0.25, 0.3) is 0 Å². The van der Waals surface area contributed by atoms with Crippen LogP contribution < -0.4 is 0 Å². The van der Waals surface area contributed by atoms with Gasteiger partial charge in [0.15, 0.2) is 6.23 Å². The third-order valence-corrected chi connectivity index (χ3v) is 6.89. The van der Waals surface area contributed by atoms with Gasteiger partial charge in [0, 0.05) is 70.9 Å². The maximum Gasteiger partial charge on any atom is 2.00 e. The minimum atomic E-state index is -0.233. The average Bonchev–Trinajstić information content (AvgIpc) is 3.07. The van der Waals surface area contributed by atoms with Gasteiger partial charge in [-0.15, -0.1) is 0 Å². The molecule has 202 valence electrons. The molecule has 0 spiro atoms. The summed E-state index contributed by atoms with van der Waals surface area (Å²) in [6.45, 7) is 7.72. The van der Waals surface area contributed by atoms with Gasteiger partial charge in [0.2, 0.25) is 0 Å². The number of aromatic nitrogens is 3. The van der Waals surface area contributed by atoms with Crippen molar-refractivity contribution in [1.29, 1.82) is 0 Å². The number of nitrogens with zero attached hydrogens (tertiary/aromatic N) is 6. The van der Waals surface area contributed by atoms with E-state index in [1.165, 1.54) is 0 Å². The molecule has 0 N–H and O–H groups in total. The largest absolute Gasteiger partial charge is 2.00 e. The fourth-order valence-electron chi connectivity index (χ4n) is 4.80. The number of ether oxygens (including phenoxy) is 1. The Balaban J connectivity index is 0.00000353. The molecule has 0 bridgehead atoms. The van der Waals surface area contributed by atoms with E-state index in [1.807, 2.05) is 48.9 Å². The van der Waals surface area contributed by atoms with Crippen LogP contribution in [-0.4, -0.2) is 68.9 Å². The van der Waals surface area contributed by atoms with Crippen LogP contribution in [0.3, 0.4) is 0 Å². The van der Waals surface area contributed by atoms with Gasteiger partial charge in [0.05, 0.1) is 23.7 Å². The van der Waals surface area contributed by atoms with Crippen LogP contribution in [0, 0.1) is 0 Å². The van der Waals surface area contributed by atoms with Crippen LogP contribution in [0.1, 0.15) is 28.9 Å². The maximum atomic E-state index is 6.60. The monoisotopic (exact) mass is 564 g/mol. The van der Waals surface area contributed by atoms with E-state index >= 15 is 0 Å². The van der Waals surface area contributed by atoms with E-state index in [-0.39, 0.29) is 23.3 Å². The molecular formula is C31H36FeN6O+2. The van der Waals surface area contributed by atoms with Gasteiger partial charge >= 0.3 is 17.1 Å². The summed E-state index contributed by atoms with van der Waals surface area (Å²) >= 11 is 0. The summed E-state index contributed by atoms with van der Waals surface area (Å²) in [4.78, 5) is 21.3. The van der Waals surface area contributed by atoms with E-state index in [1.54, 1.807) is 0 Å². The second kappa shape index (κ2) is 15.6. The fourth-order valence-corrected chi connectivity index (χ4v) is 4.80. The average molecular weight is 565 g/mol. The summed E-state index contributed by atoms with van der Waals surface area (Å²) in [6, 6.07) is 28.7. The van der Waals surface area contributed by atoms with Crippen molar-refractivity contribution in [3.05, 3.63) is 126 Å². The van der Waals surface area contributed by atoms with Gasteiger partial charge < -0.3 is 4.74 Å². The van der Waals surface area contributed by atoms with Crippen molar-refractivity contribution < 1.29 is 21.8 Å². The van der Waals surface area contributed by atoms with Crippen molar-refractivity contribution in [2.75, 3.05) is 39.3 Å². The van der Waals surface area contributed by atoms with Crippen molar-refractivity contribution in [2.45, 2.75) is 25.9 Å². The van der Waals surface area contributed by atoms with Crippen LogP contribution in [0.2, 0.25) is 0 Å². The van der Waals surface area contributed by atoms with E-state index in [4.69, 9.17) is 9.72 Å². The minimum Gasteiger partial charge on any atom is -0.353 e. The second-order valence-corrected chi connectivity index (χ2v) is 9.63. The van der Waals surface area contributed by atoms with E-state index in [9.17, 15) is 0 Å². The predicted octanol–water partition coefficient (Wildman–Crippen LogP) is 4.40. The third-order valence-electron chi connectivity index (χ3n) is 6.89. The van der Waals surface area contributed by atoms with Crippen LogP contribution in [0.4, 0.5) is 0 Å². The first-order valence-electron chi connectivity index (χ1n) is 13.4. The Kier molecular flexibility index (Phi) is 11.6. The van der Waals surface area contributed by atoms with Gasteiger partial charge in [0.25, 0.3) is 0 Å². The Morgan fingerprint density at radius 3 is 1.62 bits per heavy atom. The quantitative estimate of drug-likeness (QED) is 0.280. The molecule has 7 nitrogen and oxygen atoms in total. The zero-order valence-corrected chi connectivity index (χ0v) is 23.3. The topological polar surface area (TPSA) is 57.6 Å². The molecule has 1 unspecified atom stereocenters. The maximum absolute atomic E-state index is 6.60. The molecule has 1 atom stereocenters. The van der Waals surface area contributed by atoms with Gasteiger partial charge in [-0.1, -0.05) is 48.5 Å². The number of pyridine rings is 3. The van der Waals surface area contributed by atoms with Crippen molar-refractivity contribution in [1.82, 2.24) is 29.7 Å². The second-order valence-electron chi connectivity index (χ2n) is 9.63. The molecule has 0 radical (unpaired) electrons. The number of hydrogen-bond donors (Lipinski definition) is 0. The molecule has 1 fully saturated rings. The molecule has 4 heterocycles. The van der Waals surface area contributed by atoms with Crippen LogP contribution >= 0.6 is 0 Å². The number of rotatable bonds is 9. The van der Waals surface area contributed by atoms with Crippen LogP contribution in [0.15, 0.2) is 104 Å². The zero-order valence-electron chi connectivity index (χ0n) is 22.2. The summed E-state index contributed by atoms with van der Waals surface area (Å²) in [5, 5.41) is 0. The fraction of sp³-hybridized carbons (Fsp3) is 0.323. The summed E-state index contributed by atoms with van der Waals surface area (Å²) in [6.07, 6.45) is 5.37. The first-order valence-corrected chi connectivity index (χ1v) is 13.4. The normalized spacial score (nSPS) is 16.4. The number of benzene rings is 1. The molecule has 8 heteroatoms. The molecule has 0 saturated carbocycles. The molecule has 4 aromatic rings. The van der Waals surface area contributed by atoms with E-state index < -0.39 is 0 Å². The third kappa shape index (κ3) is 9.04. The Bertz CT molecular complexity index is 1150. The number of hydrogen-bond acceptors (Lipinski definition) is 7.